The van der Waals surface area contributed by atoms with Gasteiger partial charge in [-0.15, -0.1) is 0 Å². The van der Waals surface area contributed by atoms with Crippen LogP contribution >= 0.6 is 0 Å². The van der Waals surface area contributed by atoms with Gasteiger partial charge < -0.3 is 9.67 Å². The fourth-order valence-electron chi connectivity index (χ4n) is 4.95. The summed E-state index contributed by atoms with van der Waals surface area (Å²) in [6.07, 6.45) is 1.67. The lowest BCUT2D eigenvalue weighted by Gasteiger charge is -2.27. The van der Waals surface area contributed by atoms with Gasteiger partial charge in [0.2, 0.25) is 10.0 Å². The molecule has 0 saturated carbocycles. The summed E-state index contributed by atoms with van der Waals surface area (Å²) in [7, 11) is -1.63. The number of anilines is 1. The average molecular weight is 412 g/mol. The molecule has 3 heterocycles. The zero-order chi connectivity index (χ0) is 20.2. The molecule has 29 heavy (non-hydrogen) atoms. The van der Waals surface area contributed by atoms with Crippen LogP contribution in [0.4, 0.5) is 5.69 Å². The summed E-state index contributed by atoms with van der Waals surface area (Å²) in [5.41, 5.74) is 2.97. The number of sulfonamides is 1. The van der Waals surface area contributed by atoms with Crippen molar-refractivity contribution in [1.29, 1.82) is 0 Å². The molecule has 5 rings (SSSR count). The SMILES string of the molecule is Cn1cc(CN2CC[C@@]3(C2)[C@@H](O)CN(c2ccccc2)S3(=O)=O)c2ccccc21. The number of hydrogen-bond donors (Lipinski definition) is 1. The van der Waals surface area contributed by atoms with E-state index in [0.717, 1.165) is 0 Å². The van der Waals surface area contributed by atoms with Gasteiger partial charge in [0.1, 0.15) is 4.75 Å². The molecule has 7 heteroatoms. The minimum Gasteiger partial charge on any atom is -0.389 e. The van der Waals surface area contributed by atoms with E-state index >= 15 is 0 Å². The van der Waals surface area contributed by atoms with Gasteiger partial charge in [0.25, 0.3) is 0 Å². The Hall–Kier alpha value is -2.35. The van der Waals surface area contributed by atoms with Gasteiger partial charge in [-0.2, -0.15) is 0 Å². The van der Waals surface area contributed by atoms with Crippen LogP contribution < -0.4 is 4.31 Å². The number of β-amino-alcohol motifs (C(OH)–C–C–N with tert-alkyl or cyclic N) is 1. The molecule has 152 valence electrons. The first-order valence-electron chi connectivity index (χ1n) is 9.93. The molecule has 2 saturated heterocycles. The highest BCUT2D eigenvalue weighted by atomic mass is 32.2. The number of para-hydroxylation sites is 2. The Morgan fingerprint density at radius 1 is 1.10 bits per heavy atom. The van der Waals surface area contributed by atoms with E-state index in [0.29, 0.717) is 31.7 Å². The molecule has 0 radical (unpaired) electrons. The van der Waals surface area contributed by atoms with Crippen molar-refractivity contribution in [1.82, 2.24) is 9.47 Å². The summed E-state index contributed by atoms with van der Waals surface area (Å²) in [5, 5.41) is 12.0. The second kappa shape index (κ2) is 6.58. The van der Waals surface area contributed by atoms with Gasteiger partial charge in [0.05, 0.1) is 18.3 Å². The van der Waals surface area contributed by atoms with E-state index in [9.17, 15) is 13.5 Å². The van der Waals surface area contributed by atoms with Gasteiger partial charge in [-0.05, 0) is 30.2 Å². The van der Waals surface area contributed by atoms with E-state index in [1.807, 2.05) is 37.4 Å². The minimum absolute atomic E-state index is 0.119. The number of aliphatic hydroxyl groups excluding tert-OH is 1. The zero-order valence-corrected chi connectivity index (χ0v) is 17.2. The standard InChI is InChI=1S/C22H25N3O3S/c1-23-13-17(19-9-5-6-10-20(19)23)14-24-12-11-22(16-24)21(26)15-25(29(22,27)28)18-7-3-2-4-8-18/h2-10,13,21,26H,11-12,14-16H2,1H3/t21-,22+/m0/s1. The van der Waals surface area contributed by atoms with Crippen LogP contribution in [0.15, 0.2) is 60.8 Å². The van der Waals surface area contributed by atoms with Gasteiger partial charge >= 0.3 is 0 Å². The predicted molar refractivity (Wildman–Crippen MR) is 114 cm³/mol. The maximum atomic E-state index is 13.5. The highest BCUT2D eigenvalue weighted by Crippen LogP contribution is 2.43. The van der Waals surface area contributed by atoms with Crippen molar-refractivity contribution in [3.8, 4) is 0 Å². The van der Waals surface area contributed by atoms with Crippen molar-refractivity contribution in [2.75, 3.05) is 23.9 Å². The fraction of sp³-hybridized carbons (Fsp3) is 0.364. The van der Waals surface area contributed by atoms with Gasteiger partial charge in [-0.3, -0.25) is 9.21 Å². The van der Waals surface area contributed by atoms with Crippen LogP contribution in [-0.2, 0) is 23.6 Å². The van der Waals surface area contributed by atoms with Crippen molar-refractivity contribution < 1.29 is 13.5 Å². The summed E-state index contributed by atoms with van der Waals surface area (Å²) >= 11 is 0. The van der Waals surface area contributed by atoms with Crippen LogP contribution in [0.5, 0.6) is 0 Å². The van der Waals surface area contributed by atoms with E-state index in [-0.39, 0.29) is 6.54 Å². The molecule has 2 aromatic carbocycles. The third-order valence-corrected chi connectivity index (χ3v) is 9.08. The Labute approximate surface area is 171 Å². The van der Waals surface area contributed by atoms with Crippen LogP contribution in [0.25, 0.3) is 10.9 Å². The second-order valence-electron chi connectivity index (χ2n) is 8.20. The highest BCUT2D eigenvalue weighted by molar-refractivity contribution is 7.94. The first-order chi connectivity index (χ1) is 13.9. The number of rotatable bonds is 3. The molecule has 1 spiro atoms. The number of aryl methyl sites for hydroxylation is 1. The summed E-state index contributed by atoms with van der Waals surface area (Å²) in [6, 6.07) is 17.3. The number of nitrogens with zero attached hydrogens (tertiary/aromatic N) is 3. The van der Waals surface area contributed by atoms with E-state index in [2.05, 4.69) is 27.8 Å². The molecule has 3 aromatic rings. The average Bonchev–Trinajstić information content (AvgIpc) is 3.35. The number of aliphatic hydroxyl groups is 1. The lowest BCUT2D eigenvalue weighted by molar-refractivity contribution is 0.143. The highest BCUT2D eigenvalue weighted by Gasteiger charge is 2.61. The third kappa shape index (κ3) is 2.72. The molecule has 2 aliphatic heterocycles. The van der Waals surface area contributed by atoms with E-state index in [1.54, 1.807) is 12.1 Å². The number of fused-ring (bicyclic) bond motifs is 1. The first kappa shape index (κ1) is 18.7. The minimum atomic E-state index is -3.66. The zero-order valence-electron chi connectivity index (χ0n) is 16.4. The van der Waals surface area contributed by atoms with Crippen molar-refractivity contribution in [3.63, 3.8) is 0 Å². The smallest absolute Gasteiger partial charge is 0.244 e. The Kier molecular flexibility index (Phi) is 4.24. The normalized spacial score (nSPS) is 26.7. The Balaban J connectivity index is 1.43. The fourth-order valence-corrected chi connectivity index (χ4v) is 7.23. The number of likely N-dealkylation sites (tertiary alicyclic amines) is 1. The van der Waals surface area contributed by atoms with Crippen LogP contribution in [0.3, 0.4) is 0 Å². The Morgan fingerprint density at radius 3 is 2.62 bits per heavy atom. The molecular formula is C22H25N3O3S. The second-order valence-corrected chi connectivity index (χ2v) is 10.4. The number of hydrogen-bond acceptors (Lipinski definition) is 4. The molecular weight excluding hydrogens is 386 g/mol. The lowest BCUT2D eigenvalue weighted by atomic mass is 10.0. The molecule has 0 amide bonds. The van der Waals surface area contributed by atoms with Gasteiger partial charge in [-0.1, -0.05) is 36.4 Å². The van der Waals surface area contributed by atoms with Crippen LogP contribution in [0.2, 0.25) is 0 Å². The molecule has 1 N–H and O–H groups in total. The predicted octanol–water partition coefficient (Wildman–Crippen LogP) is 2.33. The maximum Gasteiger partial charge on any atom is 0.244 e. The maximum absolute atomic E-state index is 13.5. The molecule has 0 aliphatic carbocycles. The summed E-state index contributed by atoms with van der Waals surface area (Å²) in [4.78, 5) is 2.16. The molecule has 0 unspecified atom stereocenters. The first-order valence-corrected chi connectivity index (χ1v) is 11.4. The summed E-state index contributed by atoms with van der Waals surface area (Å²) < 4.78 is 29.3. The van der Waals surface area contributed by atoms with Crippen LogP contribution in [0.1, 0.15) is 12.0 Å². The Bertz CT molecular complexity index is 1160. The van der Waals surface area contributed by atoms with Gasteiger partial charge in [0.15, 0.2) is 0 Å². The van der Waals surface area contributed by atoms with Crippen molar-refractivity contribution in [2.45, 2.75) is 23.8 Å². The molecule has 2 aliphatic rings. The summed E-state index contributed by atoms with van der Waals surface area (Å²) in [6.45, 7) is 1.80. The quantitative estimate of drug-likeness (QED) is 0.719. The topological polar surface area (TPSA) is 65.8 Å². The molecule has 2 fully saturated rings. The molecule has 1 aromatic heterocycles. The molecule has 6 nitrogen and oxygen atoms in total. The van der Waals surface area contributed by atoms with Crippen molar-refractivity contribution >= 4 is 26.6 Å². The lowest BCUT2D eigenvalue weighted by Crippen LogP contribution is -2.47. The van der Waals surface area contributed by atoms with Gasteiger partial charge in [0, 0.05) is 43.8 Å². The largest absolute Gasteiger partial charge is 0.389 e. The van der Waals surface area contributed by atoms with E-state index < -0.39 is 20.9 Å². The van der Waals surface area contributed by atoms with Gasteiger partial charge in [-0.25, -0.2) is 8.42 Å². The van der Waals surface area contributed by atoms with Crippen molar-refractivity contribution in [2.24, 2.45) is 7.05 Å². The molecule has 2 atom stereocenters. The number of benzene rings is 2. The Morgan fingerprint density at radius 2 is 1.83 bits per heavy atom. The monoisotopic (exact) mass is 411 g/mol. The van der Waals surface area contributed by atoms with E-state index in [1.165, 1.54) is 20.8 Å². The molecule has 0 bridgehead atoms. The van der Waals surface area contributed by atoms with Crippen molar-refractivity contribution in [3.05, 3.63) is 66.4 Å². The van der Waals surface area contributed by atoms with E-state index in [4.69, 9.17) is 0 Å². The summed E-state index contributed by atoms with van der Waals surface area (Å²) in [5.74, 6) is 0. The van der Waals surface area contributed by atoms with Crippen LogP contribution in [-0.4, -0.2) is 53.5 Å². The number of aromatic nitrogens is 1. The third-order valence-electron chi connectivity index (χ3n) is 6.51. The van der Waals surface area contributed by atoms with Crippen LogP contribution in [0, 0.1) is 0 Å².